The van der Waals surface area contributed by atoms with Gasteiger partial charge in [-0.25, -0.2) is 0 Å². The van der Waals surface area contributed by atoms with Gasteiger partial charge >= 0.3 is 0 Å². The van der Waals surface area contributed by atoms with Gasteiger partial charge in [-0.15, -0.1) is 0 Å². The number of benzene rings is 8. The minimum absolute atomic E-state index is 0.155. The maximum absolute atomic E-state index is 2.49. The topological polar surface area (TPSA) is 0 Å². The summed E-state index contributed by atoms with van der Waals surface area (Å²) in [6.07, 6.45) is 0. The van der Waals surface area contributed by atoms with Gasteiger partial charge in [-0.05, 0) is 99.7 Å². The van der Waals surface area contributed by atoms with Crippen molar-refractivity contribution in [2.24, 2.45) is 0 Å². The quantitative estimate of drug-likeness (QED) is 0.149. The Hall–Kier alpha value is -5.20. The normalized spacial score (nSPS) is 13.5. The van der Waals surface area contributed by atoms with E-state index in [4.69, 9.17) is 0 Å². The Labute approximate surface area is 251 Å². The van der Waals surface area contributed by atoms with Gasteiger partial charge in [-0.2, -0.15) is 0 Å². The van der Waals surface area contributed by atoms with E-state index in [0.29, 0.717) is 0 Å². The minimum Gasteiger partial charge on any atom is -0.0622 e. The lowest BCUT2D eigenvalue weighted by Crippen LogP contribution is -2.16. The fourth-order valence-corrected chi connectivity index (χ4v) is 7.83. The molecule has 1 aliphatic rings. The van der Waals surface area contributed by atoms with Gasteiger partial charge in [0, 0.05) is 5.41 Å². The average Bonchev–Trinajstić information content (AvgIpc) is 3.29. The number of hydrogen-bond donors (Lipinski definition) is 0. The number of hydrogen-bond acceptors (Lipinski definition) is 0. The van der Waals surface area contributed by atoms with E-state index in [1.807, 2.05) is 0 Å². The molecule has 0 aromatic heterocycles. The molecule has 0 nitrogen and oxygen atoms in total. The molecule has 9 rings (SSSR count). The van der Waals surface area contributed by atoms with E-state index >= 15 is 0 Å². The monoisotopic (exact) mass is 546 g/mol. The summed E-state index contributed by atoms with van der Waals surface area (Å²) in [7, 11) is 0. The molecule has 0 atom stereocenters. The largest absolute Gasteiger partial charge is 0.0622 e. The van der Waals surface area contributed by atoms with Crippen molar-refractivity contribution in [2.45, 2.75) is 19.3 Å². The summed E-state index contributed by atoms with van der Waals surface area (Å²) in [5, 5.41) is 10.5. The standard InChI is InChI=1S/C43H30/c1-43(2)39-26-31(40-34-17-9-7-14-30(34)25-38-32-16-8-6-13-28(32)19-23-36(38)40)21-22-35(39)37-24-20-29-15-10-18-33(41(29)42(37)43)27-11-4-3-5-12-27/h3-26H,1-2H3. The first-order valence-corrected chi connectivity index (χ1v) is 15.2. The van der Waals surface area contributed by atoms with Gasteiger partial charge in [-0.3, -0.25) is 0 Å². The zero-order valence-electron chi connectivity index (χ0n) is 24.4. The molecule has 43 heavy (non-hydrogen) atoms. The van der Waals surface area contributed by atoms with Gasteiger partial charge in [0.15, 0.2) is 0 Å². The smallest absolute Gasteiger partial charge is 0.0165 e. The van der Waals surface area contributed by atoms with Crippen LogP contribution >= 0.6 is 0 Å². The maximum atomic E-state index is 2.49. The third-order valence-corrected chi connectivity index (χ3v) is 9.80. The van der Waals surface area contributed by atoms with Crippen LogP contribution in [-0.2, 0) is 5.41 Å². The van der Waals surface area contributed by atoms with Crippen LogP contribution in [0.2, 0.25) is 0 Å². The molecule has 0 saturated carbocycles. The summed E-state index contributed by atoms with van der Waals surface area (Å²) >= 11 is 0. The van der Waals surface area contributed by atoms with Crippen molar-refractivity contribution in [3.63, 3.8) is 0 Å². The van der Waals surface area contributed by atoms with Crippen LogP contribution in [0.15, 0.2) is 146 Å². The van der Waals surface area contributed by atoms with Crippen molar-refractivity contribution < 1.29 is 0 Å². The first kappa shape index (κ1) is 24.4. The minimum atomic E-state index is -0.155. The second-order valence-corrected chi connectivity index (χ2v) is 12.5. The highest BCUT2D eigenvalue weighted by atomic mass is 14.4. The van der Waals surface area contributed by atoms with Crippen molar-refractivity contribution in [2.75, 3.05) is 0 Å². The zero-order chi connectivity index (χ0) is 28.7. The predicted octanol–water partition coefficient (Wildman–Crippen LogP) is 11.9. The van der Waals surface area contributed by atoms with Crippen LogP contribution in [-0.4, -0.2) is 0 Å². The molecule has 0 bridgehead atoms. The fraction of sp³-hybridized carbons (Fsp3) is 0.0698. The van der Waals surface area contributed by atoms with Crippen molar-refractivity contribution in [3.05, 3.63) is 157 Å². The van der Waals surface area contributed by atoms with Gasteiger partial charge in [0.2, 0.25) is 0 Å². The van der Waals surface area contributed by atoms with Crippen LogP contribution in [0.25, 0.3) is 76.5 Å². The van der Waals surface area contributed by atoms with Crippen LogP contribution < -0.4 is 0 Å². The molecule has 0 aliphatic heterocycles. The number of fused-ring (bicyclic) bond motifs is 9. The highest BCUT2D eigenvalue weighted by molar-refractivity contribution is 6.20. The molecule has 0 heterocycles. The summed E-state index contributed by atoms with van der Waals surface area (Å²) < 4.78 is 0. The predicted molar refractivity (Wildman–Crippen MR) is 185 cm³/mol. The second-order valence-electron chi connectivity index (χ2n) is 12.5. The number of rotatable bonds is 2. The van der Waals surface area contributed by atoms with Gasteiger partial charge in [0.05, 0.1) is 0 Å². The summed E-state index contributed by atoms with van der Waals surface area (Å²) in [6, 6.07) is 54.1. The molecule has 0 fully saturated rings. The van der Waals surface area contributed by atoms with Crippen LogP contribution in [0, 0.1) is 0 Å². The lowest BCUT2D eigenvalue weighted by molar-refractivity contribution is 0.666. The summed E-state index contributed by atoms with van der Waals surface area (Å²) in [5.41, 5.74) is 10.6. The van der Waals surface area contributed by atoms with Crippen molar-refractivity contribution in [1.29, 1.82) is 0 Å². The Bertz CT molecular complexity index is 2410. The molecule has 1 aliphatic carbocycles. The van der Waals surface area contributed by atoms with Crippen LogP contribution in [0.5, 0.6) is 0 Å². The van der Waals surface area contributed by atoms with Crippen LogP contribution in [0.3, 0.4) is 0 Å². The molecular formula is C43H30. The lowest BCUT2D eigenvalue weighted by Gasteiger charge is -2.25. The van der Waals surface area contributed by atoms with E-state index in [0.717, 1.165) is 0 Å². The third kappa shape index (κ3) is 3.44. The average molecular weight is 547 g/mol. The molecule has 0 amide bonds. The molecule has 0 heteroatoms. The van der Waals surface area contributed by atoms with Gasteiger partial charge in [0.1, 0.15) is 0 Å². The van der Waals surface area contributed by atoms with E-state index in [9.17, 15) is 0 Å². The molecule has 0 spiro atoms. The molecule has 0 unspecified atom stereocenters. The molecule has 8 aromatic carbocycles. The Morgan fingerprint density at radius 3 is 1.95 bits per heavy atom. The Morgan fingerprint density at radius 1 is 0.395 bits per heavy atom. The van der Waals surface area contributed by atoms with Gasteiger partial charge in [0.25, 0.3) is 0 Å². The SMILES string of the molecule is CC1(C)c2cc(-c3c4ccccc4cc4c3ccc3ccccc34)ccc2-c2ccc3cccc(-c4ccccc4)c3c21. The van der Waals surface area contributed by atoms with Gasteiger partial charge in [-0.1, -0.05) is 147 Å². The lowest BCUT2D eigenvalue weighted by atomic mass is 9.78. The molecule has 0 radical (unpaired) electrons. The van der Waals surface area contributed by atoms with E-state index in [-0.39, 0.29) is 5.41 Å². The highest BCUT2D eigenvalue weighted by Crippen LogP contribution is 2.54. The molecule has 0 N–H and O–H groups in total. The van der Waals surface area contributed by atoms with Gasteiger partial charge < -0.3 is 0 Å². The zero-order valence-corrected chi connectivity index (χ0v) is 24.4. The Kier molecular flexibility index (Phi) is 5.05. The summed E-state index contributed by atoms with van der Waals surface area (Å²) in [4.78, 5) is 0. The third-order valence-electron chi connectivity index (χ3n) is 9.80. The second kappa shape index (κ2) is 8.90. The van der Waals surface area contributed by atoms with E-state index in [1.54, 1.807) is 0 Å². The van der Waals surface area contributed by atoms with E-state index in [1.165, 1.54) is 87.6 Å². The summed E-state index contributed by atoms with van der Waals surface area (Å²) in [6.45, 7) is 4.83. The first-order valence-electron chi connectivity index (χ1n) is 15.2. The van der Waals surface area contributed by atoms with Crippen molar-refractivity contribution >= 4 is 43.1 Å². The fourth-order valence-electron chi connectivity index (χ4n) is 7.83. The molecular weight excluding hydrogens is 516 g/mol. The van der Waals surface area contributed by atoms with Crippen LogP contribution in [0.4, 0.5) is 0 Å². The maximum Gasteiger partial charge on any atom is 0.0165 e. The summed E-state index contributed by atoms with van der Waals surface area (Å²) in [5.74, 6) is 0. The molecule has 0 saturated heterocycles. The Morgan fingerprint density at radius 2 is 1.09 bits per heavy atom. The molecule has 8 aromatic rings. The van der Waals surface area contributed by atoms with Crippen LogP contribution in [0.1, 0.15) is 25.0 Å². The molecule has 202 valence electrons. The van der Waals surface area contributed by atoms with Crippen molar-refractivity contribution in [1.82, 2.24) is 0 Å². The first-order chi connectivity index (χ1) is 21.1. The highest BCUT2D eigenvalue weighted by Gasteiger charge is 2.38. The van der Waals surface area contributed by atoms with E-state index in [2.05, 4.69) is 159 Å². The van der Waals surface area contributed by atoms with E-state index < -0.39 is 0 Å². The van der Waals surface area contributed by atoms with Crippen molar-refractivity contribution in [3.8, 4) is 33.4 Å². The Balaban J connectivity index is 1.33.